The lowest BCUT2D eigenvalue weighted by Gasteiger charge is -2.18. The molecule has 0 aliphatic heterocycles. The molecule has 4 heteroatoms. The minimum atomic E-state index is -0.587. The molecule has 2 aromatic carbocycles. The van der Waals surface area contributed by atoms with Gasteiger partial charge in [-0.1, -0.05) is 17.7 Å². The summed E-state index contributed by atoms with van der Waals surface area (Å²) in [5.74, 6) is 0.553. The van der Waals surface area contributed by atoms with Crippen molar-refractivity contribution in [2.75, 3.05) is 5.32 Å². The van der Waals surface area contributed by atoms with Gasteiger partial charge >= 0.3 is 0 Å². The second kappa shape index (κ2) is 6.84. The van der Waals surface area contributed by atoms with E-state index >= 15 is 0 Å². The van der Waals surface area contributed by atoms with Crippen molar-refractivity contribution >= 4 is 23.2 Å². The van der Waals surface area contributed by atoms with Crippen LogP contribution in [0.1, 0.15) is 23.6 Å². The molecule has 116 valence electrons. The third kappa shape index (κ3) is 4.01. The summed E-state index contributed by atoms with van der Waals surface area (Å²) in [7, 11) is 0. The highest BCUT2D eigenvalue weighted by Gasteiger charge is 2.16. The second-order valence-corrected chi connectivity index (χ2v) is 5.90. The Morgan fingerprint density at radius 3 is 2.41 bits per heavy atom. The number of hydrogen-bond donors (Lipinski definition) is 1. The number of rotatable bonds is 4. The molecule has 1 N–H and O–H groups in total. The Hall–Kier alpha value is -2.00. The number of ether oxygens (including phenoxy) is 1. The minimum Gasteiger partial charge on any atom is -0.481 e. The van der Waals surface area contributed by atoms with Gasteiger partial charge in [-0.25, -0.2) is 0 Å². The summed E-state index contributed by atoms with van der Waals surface area (Å²) in [4.78, 5) is 12.2. The number of nitrogens with one attached hydrogen (secondary N) is 1. The maximum Gasteiger partial charge on any atom is 0.265 e. The van der Waals surface area contributed by atoms with Crippen LogP contribution in [0, 0.1) is 20.8 Å². The number of anilines is 1. The van der Waals surface area contributed by atoms with Gasteiger partial charge in [0, 0.05) is 10.7 Å². The van der Waals surface area contributed by atoms with E-state index in [-0.39, 0.29) is 5.91 Å². The van der Waals surface area contributed by atoms with Crippen LogP contribution in [-0.4, -0.2) is 12.0 Å². The Balaban J connectivity index is 2.07. The van der Waals surface area contributed by atoms with Gasteiger partial charge in [-0.3, -0.25) is 4.79 Å². The molecule has 0 aromatic heterocycles. The molecule has 1 amide bonds. The van der Waals surface area contributed by atoms with Crippen LogP contribution >= 0.6 is 11.6 Å². The van der Waals surface area contributed by atoms with Gasteiger partial charge < -0.3 is 10.1 Å². The van der Waals surface area contributed by atoms with Crippen molar-refractivity contribution in [1.82, 2.24) is 0 Å². The summed E-state index contributed by atoms with van der Waals surface area (Å²) in [5, 5.41) is 3.45. The molecule has 0 aliphatic carbocycles. The molecular formula is C18H20ClNO2. The highest BCUT2D eigenvalue weighted by molar-refractivity contribution is 6.30. The molecule has 0 fully saturated rings. The smallest absolute Gasteiger partial charge is 0.265 e. The Bertz CT molecular complexity index is 680. The highest BCUT2D eigenvalue weighted by Crippen LogP contribution is 2.24. The summed E-state index contributed by atoms with van der Waals surface area (Å²) in [5.41, 5.74) is 4.02. The van der Waals surface area contributed by atoms with E-state index < -0.39 is 6.10 Å². The Morgan fingerprint density at radius 2 is 1.77 bits per heavy atom. The fraction of sp³-hybridized carbons (Fsp3) is 0.278. The number of aryl methyl sites for hydroxylation is 2. The molecule has 0 unspecified atom stereocenters. The first kappa shape index (κ1) is 16.4. The zero-order valence-electron chi connectivity index (χ0n) is 13.2. The van der Waals surface area contributed by atoms with Gasteiger partial charge in [-0.2, -0.15) is 0 Å². The van der Waals surface area contributed by atoms with Crippen LogP contribution in [0.2, 0.25) is 5.02 Å². The molecule has 2 aromatic rings. The predicted molar refractivity (Wildman–Crippen MR) is 90.8 cm³/mol. The van der Waals surface area contributed by atoms with E-state index in [0.29, 0.717) is 10.7 Å². The number of carbonyl (C=O) groups excluding carboxylic acids is 1. The SMILES string of the molecule is Cc1cc(C)c(C)c(O[C@H](C)C(=O)Nc2ccc(Cl)cc2)c1. The van der Waals surface area contributed by atoms with E-state index in [1.54, 1.807) is 31.2 Å². The number of amides is 1. The van der Waals surface area contributed by atoms with Crippen LogP contribution in [-0.2, 0) is 4.79 Å². The molecule has 0 spiro atoms. The van der Waals surface area contributed by atoms with E-state index in [9.17, 15) is 4.79 Å². The predicted octanol–water partition coefficient (Wildman–Crippen LogP) is 4.67. The third-order valence-electron chi connectivity index (χ3n) is 3.55. The highest BCUT2D eigenvalue weighted by atomic mass is 35.5. The molecular weight excluding hydrogens is 298 g/mol. The van der Waals surface area contributed by atoms with Gasteiger partial charge in [0.05, 0.1) is 0 Å². The molecule has 22 heavy (non-hydrogen) atoms. The minimum absolute atomic E-state index is 0.194. The normalized spacial score (nSPS) is 11.9. The van der Waals surface area contributed by atoms with Gasteiger partial charge in [0.25, 0.3) is 5.91 Å². The Morgan fingerprint density at radius 1 is 1.14 bits per heavy atom. The summed E-state index contributed by atoms with van der Waals surface area (Å²) in [6, 6.07) is 11.0. The van der Waals surface area contributed by atoms with Crippen molar-refractivity contribution in [3.63, 3.8) is 0 Å². The zero-order valence-corrected chi connectivity index (χ0v) is 14.0. The van der Waals surface area contributed by atoms with Crippen molar-refractivity contribution in [3.8, 4) is 5.75 Å². The van der Waals surface area contributed by atoms with Crippen LogP contribution in [0.5, 0.6) is 5.75 Å². The van der Waals surface area contributed by atoms with E-state index in [2.05, 4.69) is 11.4 Å². The number of hydrogen-bond acceptors (Lipinski definition) is 2. The molecule has 0 radical (unpaired) electrons. The fourth-order valence-corrected chi connectivity index (χ4v) is 2.27. The lowest BCUT2D eigenvalue weighted by Crippen LogP contribution is -2.30. The third-order valence-corrected chi connectivity index (χ3v) is 3.80. The largest absolute Gasteiger partial charge is 0.481 e. The van der Waals surface area contributed by atoms with Crippen molar-refractivity contribution < 1.29 is 9.53 Å². The molecule has 3 nitrogen and oxygen atoms in total. The summed E-state index contributed by atoms with van der Waals surface area (Å²) in [6.07, 6.45) is -0.587. The van der Waals surface area contributed by atoms with Gasteiger partial charge in [0.1, 0.15) is 5.75 Å². The first-order valence-corrected chi connectivity index (χ1v) is 7.55. The molecule has 0 bridgehead atoms. The molecule has 0 heterocycles. The van der Waals surface area contributed by atoms with Gasteiger partial charge in [-0.15, -0.1) is 0 Å². The molecule has 1 atom stereocenters. The summed E-state index contributed by atoms with van der Waals surface area (Å²) in [6.45, 7) is 7.78. The standard InChI is InChI=1S/C18H20ClNO2/c1-11-9-12(2)13(3)17(10-11)22-14(4)18(21)20-16-7-5-15(19)6-8-16/h5-10,14H,1-4H3,(H,20,21)/t14-/m1/s1. The van der Waals surface area contributed by atoms with Crippen molar-refractivity contribution in [2.45, 2.75) is 33.8 Å². The van der Waals surface area contributed by atoms with Crippen molar-refractivity contribution in [1.29, 1.82) is 0 Å². The van der Waals surface area contributed by atoms with Crippen LogP contribution < -0.4 is 10.1 Å². The fourth-order valence-electron chi connectivity index (χ4n) is 2.14. The van der Waals surface area contributed by atoms with Crippen LogP contribution in [0.15, 0.2) is 36.4 Å². The van der Waals surface area contributed by atoms with E-state index in [4.69, 9.17) is 16.3 Å². The van der Waals surface area contributed by atoms with Crippen molar-refractivity contribution in [2.24, 2.45) is 0 Å². The topological polar surface area (TPSA) is 38.3 Å². The van der Waals surface area contributed by atoms with E-state index in [0.717, 1.165) is 22.4 Å². The lowest BCUT2D eigenvalue weighted by molar-refractivity contribution is -0.122. The maximum atomic E-state index is 12.2. The Labute approximate surface area is 136 Å². The second-order valence-electron chi connectivity index (χ2n) is 5.46. The van der Waals surface area contributed by atoms with Crippen LogP contribution in [0.25, 0.3) is 0 Å². The molecule has 0 aliphatic rings. The summed E-state index contributed by atoms with van der Waals surface area (Å²) >= 11 is 5.83. The average molecular weight is 318 g/mol. The molecule has 0 saturated heterocycles. The molecule has 0 saturated carbocycles. The average Bonchev–Trinajstić information content (AvgIpc) is 2.46. The van der Waals surface area contributed by atoms with Crippen LogP contribution in [0.3, 0.4) is 0 Å². The van der Waals surface area contributed by atoms with Gasteiger partial charge in [0.15, 0.2) is 6.10 Å². The number of carbonyl (C=O) groups is 1. The van der Waals surface area contributed by atoms with Gasteiger partial charge in [-0.05, 0) is 74.7 Å². The van der Waals surface area contributed by atoms with Crippen LogP contribution in [0.4, 0.5) is 5.69 Å². The first-order valence-electron chi connectivity index (χ1n) is 7.18. The Kier molecular flexibility index (Phi) is 5.09. The first-order chi connectivity index (χ1) is 10.4. The molecule has 2 rings (SSSR count). The van der Waals surface area contributed by atoms with E-state index in [1.165, 1.54) is 0 Å². The zero-order chi connectivity index (χ0) is 16.3. The summed E-state index contributed by atoms with van der Waals surface area (Å²) < 4.78 is 5.83. The number of halogens is 1. The number of benzene rings is 2. The quantitative estimate of drug-likeness (QED) is 0.889. The van der Waals surface area contributed by atoms with E-state index in [1.807, 2.05) is 26.8 Å². The maximum absolute atomic E-state index is 12.2. The van der Waals surface area contributed by atoms with Gasteiger partial charge in [0.2, 0.25) is 0 Å². The lowest BCUT2D eigenvalue weighted by atomic mass is 10.1. The monoisotopic (exact) mass is 317 g/mol. The van der Waals surface area contributed by atoms with Crippen molar-refractivity contribution in [3.05, 3.63) is 58.1 Å².